The van der Waals surface area contributed by atoms with Crippen LogP contribution in [0.25, 0.3) is 0 Å². The molecule has 0 unspecified atom stereocenters. The minimum Gasteiger partial charge on any atom is -0.411 e. The van der Waals surface area contributed by atoms with Gasteiger partial charge in [0.1, 0.15) is 18.0 Å². The zero-order valence-electron chi connectivity index (χ0n) is 8.10. The molecule has 0 aliphatic carbocycles. The summed E-state index contributed by atoms with van der Waals surface area (Å²) in [5.74, 6) is 0. The zero-order valence-corrected chi connectivity index (χ0v) is 8.91. The van der Waals surface area contributed by atoms with Crippen LogP contribution in [-0.2, 0) is 11.4 Å². The van der Waals surface area contributed by atoms with E-state index >= 15 is 0 Å². The number of rotatable bonds is 4. The second kappa shape index (κ2) is 5.39. The highest BCUT2D eigenvalue weighted by Gasteiger charge is 1.97. The van der Waals surface area contributed by atoms with E-state index in [9.17, 15) is 0 Å². The molecule has 4 nitrogen and oxygen atoms in total. The Balaban J connectivity index is 2.40. The van der Waals surface area contributed by atoms with Crippen LogP contribution >= 0.6 is 11.3 Å². The monoisotopic (exact) mass is 212 g/mol. The van der Waals surface area contributed by atoms with E-state index in [1.165, 1.54) is 0 Å². The standard InChI is InChI=1S/C9H12N2O2S/c1-7(10-12)8(2)11-13-5-9-3-4-14-6-9/h3-4,6,12H,5H2,1-2H3/b10-7+,11-8+. The van der Waals surface area contributed by atoms with Crippen molar-refractivity contribution in [2.24, 2.45) is 10.3 Å². The molecule has 1 heterocycles. The zero-order chi connectivity index (χ0) is 10.4. The van der Waals surface area contributed by atoms with Gasteiger partial charge in [-0.3, -0.25) is 0 Å². The summed E-state index contributed by atoms with van der Waals surface area (Å²) in [5, 5.41) is 19.2. The van der Waals surface area contributed by atoms with Gasteiger partial charge in [0.15, 0.2) is 0 Å². The van der Waals surface area contributed by atoms with Gasteiger partial charge in [0, 0.05) is 5.56 Å². The van der Waals surface area contributed by atoms with E-state index in [4.69, 9.17) is 10.0 Å². The molecular formula is C9H12N2O2S. The predicted octanol–water partition coefficient (Wildman–Crippen LogP) is 2.49. The Morgan fingerprint density at radius 2 is 2.29 bits per heavy atom. The minimum atomic E-state index is 0.444. The van der Waals surface area contributed by atoms with Crippen molar-refractivity contribution in [3.63, 3.8) is 0 Å². The summed E-state index contributed by atoms with van der Waals surface area (Å²) in [4.78, 5) is 5.07. The van der Waals surface area contributed by atoms with Crippen molar-refractivity contribution in [2.45, 2.75) is 20.5 Å². The van der Waals surface area contributed by atoms with Crippen LogP contribution in [0.5, 0.6) is 0 Å². The lowest BCUT2D eigenvalue weighted by Gasteiger charge is -1.98. The third-order valence-electron chi connectivity index (χ3n) is 1.69. The highest BCUT2D eigenvalue weighted by atomic mass is 32.1. The maximum Gasteiger partial charge on any atom is 0.143 e. The number of hydrogen-bond acceptors (Lipinski definition) is 5. The van der Waals surface area contributed by atoms with Gasteiger partial charge in [0.25, 0.3) is 0 Å². The fourth-order valence-corrected chi connectivity index (χ4v) is 1.37. The first-order valence-electron chi connectivity index (χ1n) is 4.10. The Kier molecular flexibility index (Phi) is 4.12. The summed E-state index contributed by atoms with van der Waals surface area (Å²) in [6.45, 7) is 3.83. The smallest absolute Gasteiger partial charge is 0.143 e. The molecule has 0 aliphatic rings. The molecule has 0 saturated carbocycles. The Morgan fingerprint density at radius 3 is 2.86 bits per heavy atom. The molecular weight excluding hydrogens is 200 g/mol. The molecule has 0 atom stereocenters. The molecule has 1 rings (SSSR count). The van der Waals surface area contributed by atoms with Crippen molar-refractivity contribution in [3.05, 3.63) is 22.4 Å². The minimum absolute atomic E-state index is 0.444. The Morgan fingerprint density at radius 1 is 1.50 bits per heavy atom. The normalized spacial score (nSPS) is 13.0. The van der Waals surface area contributed by atoms with Crippen molar-refractivity contribution in [1.29, 1.82) is 0 Å². The van der Waals surface area contributed by atoms with Crippen molar-refractivity contribution in [3.8, 4) is 0 Å². The predicted molar refractivity (Wildman–Crippen MR) is 57.1 cm³/mol. The van der Waals surface area contributed by atoms with Crippen LogP contribution in [-0.4, -0.2) is 16.6 Å². The summed E-state index contributed by atoms with van der Waals surface area (Å²) in [5.41, 5.74) is 2.11. The Bertz CT molecular complexity index is 331. The quantitative estimate of drug-likeness (QED) is 0.473. The highest BCUT2D eigenvalue weighted by Crippen LogP contribution is 2.07. The molecule has 1 aromatic heterocycles. The summed E-state index contributed by atoms with van der Waals surface area (Å²) in [6.07, 6.45) is 0. The second-order valence-corrected chi connectivity index (χ2v) is 3.55. The van der Waals surface area contributed by atoms with Crippen LogP contribution in [0.4, 0.5) is 0 Å². The molecule has 0 spiro atoms. The van der Waals surface area contributed by atoms with Crippen LogP contribution in [0.1, 0.15) is 19.4 Å². The average molecular weight is 212 g/mol. The molecule has 0 aliphatic heterocycles. The van der Waals surface area contributed by atoms with E-state index in [1.807, 2.05) is 16.8 Å². The highest BCUT2D eigenvalue weighted by molar-refractivity contribution is 7.07. The third-order valence-corrected chi connectivity index (χ3v) is 2.42. The van der Waals surface area contributed by atoms with E-state index in [0.29, 0.717) is 18.0 Å². The Labute approximate surface area is 86.5 Å². The fourth-order valence-electron chi connectivity index (χ4n) is 0.717. The summed E-state index contributed by atoms with van der Waals surface area (Å²) >= 11 is 1.62. The molecule has 1 aromatic rings. The van der Waals surface area contributed by atoms with E-state index < -0.39 is 0 Å². The lowest BCUT2D eigenvalue weighted by Crippen LogP contribution is -2.06. The molecule has 0 amide bonds. The van der Waals surface area contributed by atoms with Gasteiger partial charge in [-0.15, -0.1) is 0 Å². The van der Waals surface area contributed by atoms with Gasteiger partial charge in [-0.05, 0) is 30.7 Å². The van der Waals surface area contributed by atoms with Crippen molar-refractivity contribution >= 4 is 22.8 Å². The van der Waals surface area contributed by atoms with Crippen LogP contribution < -0.4 is 0 Å². The molecule has 0 saturated heterocycles. The second-order valence-electron chi connectivity index (χ2n) is 2.77. The van der Waals surface area contributed by atoms with Gasteiger partial charge in [-0.25, -0.2) is 0 Å². The maximum atomic E-state index is 8.44. The summed E-state index contributed by atoms with van der Waals surface area (Å²) in [6, 6.07) is 1.97. The van der Waals surface area contributed by atoms with Gasteiger partial charge in [-0.2, -0.15) is 11.3 Å². The van der Waals surface area contributed by atoms with Gasteiger partial charge < -0.3 is 10.0 Å². The van der Waals surface area contributed by atoms with E-state index in [2.05, 4.69) is 10.3 Å². The topological polar surface area (TPSA) is 54.2 Å². The van der Waals surface area contributed by atoms with Crippen LogP contribution in [0.15, 0.2) is 27.1 Å². The lowest BCUT2D eigenvalue weighted by molar-refractivity contribution is 0.131. The molecule has 76 valence electrons. The Hall–Kier alpha value is -1.36. The lowest BCUT2D eigenvalue weighted by atomic mass is 10.3. The number of nitrogens with zero attached hydrogens (tertiary/aromatic N) is 2. The van der Waals surface area contributed by atoms with Crippen molar-refractivity contribution < 1.29 is 10.0 Å². The van der Waals surface area contributed by atoms with Crippen molar-refractivity contribution in [2.75, 3.05) is 0 Å². The molecule has 0 aromatic carbocycles. The van der Waals surface area contributed by atoms with Crippen LogP contribution in [0.2, 0.25) is 0 Å². The molecule has 14 heavy (non-hydrogen) atoms. The molecule has 5 heteroatoms. The van der Waals surface area contributed by atoms with Crippen LogP contribution in [0, 0.1) is 0 Å². The average Bonchev–Trinajstić information content (AvgIpc) is 2.69. The number of thiophene rings is 1. The SMILES string of the molecule is CC(=N\O)/C(C)=N/OCc1ccsc1. The summed E-state index contributed by atoms with van der Waals surface area (Å²) in [7, 11) is 0. The number of oxime groups is 2. The molecule has 0 bridgehead atoms. The first kappa shape index (κ1) is 10.7. The van der Waals surface area contributed by atoms with Gasteiger partial charge in [0.05, 0.1) is 0 Å². The van der Waals surface area contributed by atoms with E-state index in [1.54, 1.807) is 25.2 Å². The largest absolute Gasteiger partial charge is 0.411 e. The van der Waals surface area contributed by atoms with E-state index in [-0.39, 0.29) is 0 Å². The van der Waals surface area contributed by atoms with Gasteiger partial charge >= 0.3 is 0 Å². The first-order valence-corrected chi connectivity index (χ1v) is 5.05. The van der Waals surface area contributed by atoms with E-state index in [0.717, 1.165) is 5.56 Å². The fraction of sp³-hybridized carbons (Fsp3) is 0.333. The maximum absolute atomic E-state index is 8.44. The molecule has 1 N–H and O–H groups in total. The van der Waals surface area contributed by atoms with Crippen LogP contribution in [0.3, 0.4) is 0 Å². The molecule has 0 radical (unpaired) electrons. The van der Waals surface area contributed by atoms with Crippen molar-refractivity contribution in [1.82, 2.24) is 0 Å². The van der Waals surface area contributed by atoms with Gasteiger partial charge in [0.2, 0.25) is 0 Å². The number of hydrogen-bond donors (Lipinski definition) is 1. The molecule has 0 fully saturated rings. The van der Waals surface area contributed by atoms with Gasteiger partial charge in [-0.1, -0.05) is 10.3 Å². The third kappa shape index (κ3) is 3.18. The summed E-state index contributed by atoms with van der Waals surface area (Å²) < 4.78 is 0. The first-order chi connectivity index (χ1) is 6.74.